The lowest BCUT2D eigenvalue weighted by Crippen LogP contribution is -2.33. The molecule has 134 valence electrons. The molecule has 0 radical (unpaired) electrons. The van der Waals surface area contributed by atoms with E-state index in [0.29, 0.717) is 0 Å². The molecular weight excluding hydrogens is 314 g/mol. The molecule has 1 aromatic heterocycles. The summed E-state index contributed by atoms with van der Waals surface area (Å²) in [7, 11) is 2.19. The lowest BCUT2D eigenvalue weighted by molar-refractivity contribution is -0.633. The zero-order valence-electron chi connectivity index (χ0n) is 16.5. The first kappa shape index (κ1) is 17.3. The Labute approximate surface area is 157 Å². The number of fused-ring (bicyclic) bond motifs is 1. The lowest BCUT2D eigenvalue weighted by Gasteiger charge is -2.34. The monoisotopic (exact) mass is 344 g/mol. The minimum atomic E-state index is 0.242. The highest BCUT2D eigenvalue weighted by Gasteiger charge is 2.35. The van der Waals surface area contributed by atoms with E-state index in [1.807, 2.05) is 0 Å². The average molecular weight is 345 g/mol. The molecule has 1 aliphatic rings. The first-order chi connectivity index (χ1) is 12.5. The molecule has 0 N–H and O–H groups in total. The number of para-hydroxylation sites is 1. The summed E-state index contributed by atoms with van der Waals surface area (Å²) in [5, 5.41) is 1.29. The van der Waals surface area contributed by atoms with Crippen LogP contribution in [0.1, 0.15) is 50.7 Å². The van der Waals surface area contributed by atoms with Crippen molar-refractivity contribution in [2.24, 2.45) is 13.0 Å². The van der Waals surface area contributed by atoms with E-state index in [4.69, 9.17) is 0 Å². The molecule has 0 saturated heterocycles. The molecule has 1 nitrogen and oxygen atoms in total. The summed E-state index contributed by atoms with van der Waals surface area (Å²) in [5.41, 5.74) is 7.15. The van der Waals surface area contributed by atoms with E-state index in [-0.39, 0.29) is 5.41 Å². The maximum absolute atomic E-state index is 2.45. The van der Waals surface area contributed by atoms with Gasteiger partial charge in [0.1, 0.15) is 7.05 Å². The quantitative estimate of drug-likeness (QED) is 0.505. The third-order valence-electron chi connectivity index (χ3n) is 6.76. The smallest absolute Gasteiger partial charge is 0.194 e. The molecule has 0 atom stereocenters. The SMILES string of the molecule is Cc1c(-c2ccc3ccccc3[n+]2C)cccc1C(C)(C)C1CCCC1. The molecule has 0 amide bonds. The molecule has 0 unspecified atom stereocenters. The summed E-state index contributed by atoms with van der Waals surface area (Å²) in [6, 6.07) is 20.0. The van der Waals surface area contributed by atoms with E-state index in [1.165, 1.54) is 59.0 Å². The van der Waals surface area contributed by atoms with Gasteiger partial charge < -0.3 is 0 Å². The van der Waals surface area contributed by atoms with Gasteiger partial charge in [0, 0.05) is 23.1 Å². The van der Waals surface area contributed by atoms with E-state index >= 15 is 0 Å². The first-order valence-electron chi connectivity index (χ1n) is 9.98. The fraction of sp³-hybridized carbons (Fsp3) is 0.400. The number of hydrogen-bond acceptors (Lipinski definition) is 0. The standard InChI is InChI=1S/C25H30N/c1-18-21(24-17-16-19-10-5-8-15-23(19)26(24)4)13-9-14-22(18)25(2,3)20-11-6-7-12-20/h5,8-10,13-17,20H,6-7,11-12H2,1-4H3/q+1. The number of hydrogen-bond donors (Lipinski definition) is 0. The van der Waals surface area contributed by atoms with Gasteiger partial charge in [-0.2, -0.15) is 4.57 Å². The van der Waals surface area contributed by atoms with Crippen LogP contribution >= 0.6 is 0 Å². The fourth-order valence-electron chi connectivity index (χ4n) is 5.09. The Hall–Kier alpha value is -2.15. The Morgan fingerprint density at radius 1 is 0.885 bits per heavy atom. The van der Waals surface area contributed by atoms with Crippen LogP contribution in [0.3, 0.4) is 0 Å². The third-order valence-corrected chi connectivity index (χ3v) is 6.76. The van der Waals surface area contributed by atoms with Crippen LogP contribution in [0.25, 0.3) is 22.2 Å². The van der Waals surface area contributed by atoms with Crippen molar-refractivity contribution in [2.45, 2.75) is 51.9 Å². The number of aryl methyl sites for hydroxylation is 1. The molecule has 3 aromatic rings. The van der Waals surface area contributed by atoms with E-state index in [0.717, 1.165) is 5.92 Å². The molecule has 26 heavy (non-hydrogen) atoms. The summed E-state index contributed by atoms with van der Waals surface area (Å²) in [5.74, 6) is 0.807. The summed E-state index contributed by atoms with van der Waals surface area (Å²) in [6.07, 6.45) is 5.54. The van der Waals surface area contributed by atoms with Gasteiger partial charge in [-0.15, -0.1) is 0 Å². The van der Waals surface area contributed by atoms with Crippen molar-refractivity contribution in [3.8, 4) is 11.3 Å². The predicted octanol–water partition coefficient (Wildman–Crippen LogP) is 6.11. The Bertz CT molecular complexity index is 946. The van der Waals surface area contributed by atoms with Gasteiger partial charge in [0.05, 0.1) is 0 Å². The zero-order chi connectivity index (χ0) is 18.3. The molecule has 1 aliphatic carbocycles. The molecular formula is C25H30N+. The maximum Gasteiger partial charge on any atom is 0.213 e. The first-order valence-corrected chi connectivity index (χ1v) is 9.98. The summed E-state index contributed by atoms with van der Waals surface area (Å²) >= 11 is 0. The number of nitrogens with zero attached hydrogens (tertiary/aromatic N) is 1. The maximum atomic E-state index is 2.45. The Balaban J connectivity index is 1.85. The zero-order valence-corrected chi connectivity index (χ0v) is 16.5. The van der Waals surface area contributed by atoms with Crippen LogP contribution in [0.5, 0.6) is 0 Å². The summed E-state index contributed by atoms with van der Waals surface area (Å²) < 4.78 is 2.34. The van der Waals surface area contributed by atoms with Crippen LogP contribution < -0.4 is 4.57 Å². The molecule has 1 heteroatoms. The minimum Gasteiger partial charge on any atom is -0.194 e. The Morgan fingerprint density at radius 2 is 1.62 bits per heavy atom. The van der Waals surface area contributed by atoms with Crippen molar-refractivity contribution < 1.29 is 4.57 Å². The van der Waals surface area contributed by atoms with Gasteiger partial charge in [-0.05, 0) is 60.4 Å². The van der Waals surface area contributed by atoms with Crippen molar-refractivity contribution >= 4 is 10.9 Å². The molecule has 1 heterocycles. The minimum absolute atomic E-state index is 0.242. The van der Waals surface area contributed by atoms with Crippen molar-refractivity contribution in [1.29, 1.82) is 0 Å². The van der Waals surface area contributed by atoms with Crippen molar-refractivity contribution in [2.75, 3.05) is 0 Å². The molecule has 1 fully saturated rings. The van der Waals surface area contributed by atoms with E-state index in [2.05, 4.69) is 87.0 Å². The number of benzene rings is 2. The van der Waals surface area contributed by atoms with E-state index in [1.54, 1.807) is 0 Å². The highest BCUT2D eigenvalue weighted by molar-refractivity contribution is 5.78. The van der Waals surface area contributed by atoms with Gasteiger partial charge in [-0.25, -0.2) is 0 Å². The molecule has 0 aliphatic heterocycles. The number of rotatable bonds is 3. The van der Waals surface area contributed by atoms with E-state index in [9.17, 15) is 0 Å². The molecule has 1 saturated carbocycles. The highest BCUT2D eigenvalue weighted by atomic mass is 14.9. The molecule has 4 rings (SSSR count). The molecule has 0 spiro atoms. The lowest BCUT2D eigenvalue weighted by atomic mass is 9.70. The van der Waals surface area contributed by atoms with Gasteiger partial charge in [-0.1, -0.05) is 51.0 Å². The highest BCUT2D eigenvalue weighted by Crippen LogP contribution is 2.44. The van der Waals surface area contributed by atoms with Gasteiger partial charge >= 0.3 is 0 Å². The topological polar surface area (TPSA) is 3.88 Å². The second kappa shape index (κ2) is 6.54. The largest absolute Gasteiger partial charge is 0.213 e. The van der Waals surface area contributed by atoms with Crippen LogP contribution in [0.2, 0.25) is 0 Å². The van der Waals surface area contributed by atoms with Crippen molar-refractivity contribution in [3.05, 3.63) is 65.7 Å². The van der Waals surface area contributed by atoms with Gasteiger partial charge in [0.2, 0.25) is 11.2 Å². The van der Waals surface area contributed by atoms with Crippen molar-refractivity contribution in [1.82, 2.24) is 0 Å². The van der Waals surface area contributed by atoms with Crippen LogP contribution in [-0.4, -0.2) is 0 Å². The average Bonchev–Trinajstić information content (AvgIpc) is 3.18. The fourth-order valence-corrected chi connectivity index (χ4v) is 5.09. The normalized spacial score (nSPS) is 15.7. The van der Waals surface area contributed by atoms with Gasteiger partial charge in [0.15, 0.2) is 0 Å². The second-order valence-electron chi connectivity index (χ2n) is 8.52. The second-order valence-corrected chi connectivity index (χ2v) is 8.52. The van der Waals surface area contributed by atoms with Crippen LogP contribution in [0.4, 0.5) is 0 Å². The summed E-state index contributed by atoms with van der Waals surface area (Å²) in [4.78, 5) is 0. The Kier molecular flexibility index (Phi) is 4.34. The van der Waals surface area contributed by atoms with Crippen LogP contribution in [0, 0.1) is 12.8 Å². The van der Waals surface area contributed by atoms with E-state index < -0.39 is 0 Å². The summed E-state index contributed by atoms with van der Waals surface area (Å²) in [6.45, 7) is 7.22. The van der Waals surface area contributed by atoms with Crippen molar-refractivity contribution in [3.63, 3.8) is 0 Å². The van der Waals surface area contributed by atoms with Crippen LogP contribution in [0.15, 0.2) is 54.6 Å². The van der Waals surface area contributed by atoms with Crippen LogP contribution in [-0.2, 0) is 12.5 Å². The van der Waals surface area contributed by atoms with Gasteiger partial charge in [0.25, 0.3) is 0 Å². The predicted molar refractivity (Wildman–Crippen MR) is 110 cm³/mol. The van der Waals surface area contributed by atoms with Gasteiger partial charge in [-0.3, -0.25) is 0 Å². The molecule has 2 aromatic carbocycles. The Morgan fingerprint density at radius 3 is 2.38 bits per heavy atom. The molecule has 0 bridgehead atoms. The number of aromatic nitrogens is 1. The third kappa shape index (κ3) is 2.74. The number of pyridine rings is 1.